The zero-order chi connectivity index (χ0) is 24.0. The van der Waals surface area contributed by atoms with E-state index in [1.54, 1.807) is 36.0 Å². The molecule has 0 amide bonds. The van der Waals surface area contributed by atoms with E-state index in [1.165, 1.54) is 6.92 Å². The Labute approximate surface area is 204 Å². The number of carbonyl (C=O) groups is 2. The Bertz CT molecular complexity index is 946. The summed E-state index contributed by atoms with van der Waals surface area (Å²) < 4.78 is 11.1. The molecule has 3 rings (SSSR count). The molecule has 1 saturated heterocycles. The Balaban J connectivity index is 1.62. The summed E-state index contributed by atoms with van der Waals surface area (Å²) in [7, 11) is 0. The lowest BCUT2D eigenvalue weighted by molar-refractivity contribution is -0.292. The van der Waals surface area contributed by atoms with Crippen LogP contribution in [0.1, 0.15) is 61.4 Å². The van der Waals surface area contributed by atoms with Crippen LogP contribution in [-0.2, 0) is 14.3 Å². The second-order valence-electron chi connectivity index (χ2n) is 8.63. The molecule has 1 aliphatic heterocycles. The lowest BCUT2D eigenvalue weighted by Gasteiger charge is -2.39. The SMILES string of the molecule is CSc1ccc(C(CCCCC2COC(C)(C(=O)O)OC2C)C(=O)c2ccc(Cl)cc2)cc1. The molecular formula is C26H31ClO5S. The zero-order valence-electron chi connectivity index (χ0n) is 19.3. The molecule has 1 aliphatic rings. The Morgan fingerprint density at radius 2 is 1.82 bits per heavy atom. The number of Topliss-reactive ketones (excluding diaryl/α,β-unsaturated/α-hetero) is 1. The smallest absolute Gasteiger partial charge is 0.364 e. The Kier molecular flexibility index (Phi) is 8.99. The number of halogens is 1. The minimum atomic E-state index is -1.57. The fourth-order valence-corrected chi connectivity index (χ4v) is 4.71. The minimum absolute atomic E-state index is 0.0958. The number of aliphatic carboxylic acids is 1. The van der Waals surface area contributed by atoms with Gasteiger partial charge in [0.15, 0.2) is 5.78 Å². The third-order valence-electron chi connectivity index (χ3n) is 6.32. The van der Waals surface area contributed by atoms with Gasteiger partial charge in [0.2, 0.25) is 0 Å². The average molecular weight is 491 g/mol. The molecule has 0 spiro atoms. The summed E-state index contributed by atoms with van der Waals surface area (Å²) in [6.07, 6.45) is 5.18. The van der Waals surface area contributed by atoms with E-state index >= 15 is 0 Å². The molecule has 2 aromatic carbocycles. The summed E-state index contributed by atoms with van der Waals surface area (Å²) in [6.45, 7) is 3.69. The Morgan fingerprint density at radius 3 is 2.39 bits per heavy atom. The predicted octanol–water partition coefficient (Wildman–Crippen LogP) is 6.44. The van der Waals surface area contributed by atoms with Crippen molar-refractivity contribution >= 4 is 35.1 Å². The quantitative estimate of drug-likeness (QED) is 0.234. The molecule has 4 atom stereocenters. The molecule has 33 heavy (non-hydrogen) atoms. The summed E-state index contributed by atoms with van der Waals surface area (Å²) in [4.78, 5) is 25.9. The number of carbonyl (C=O) groups excluding carboxylic acids is 1. The number of thioether (sulfide) groups is 1. The first-order valence-corrected chi connectivity index (χ1v) is 12.8. The number of carboxylic acids is 1. The third kappa shape index (κ3) is 6.60. The molecule has 4 unspecified atom stereocenters. The van der Waals surface area contributed by atoms with E-state index in [2.05, 4.69) is 12.1 Å². The van der Waals surface area contributed by atoms with Gasteiger partial charge >= 0.3 is 5.97 Å². The van der Waals surface area contributed by atoms with E-state index in [0.29, 0.717) is 17.2 Å². The van der Waals surface area contributed by atoms with Gasteiger partial charge in [-0.1, -0.05) is 36.6 Å². The second-order valence-corrected chi connectivity index (χ2v) is 9.94. The van der Waals surface area contributed by atoms with Gasteiger partial charge in [0, 0.05) is 34.2 Å². The molecule has 1 N–H and O–H groups in total. The minimum Gasteiger partial charge on any atom is -0.477 e. The molecule has 2 aromatic rings. The van der Waals surface area contributed by atoms with Crippen LogP contribution in [-0.4, -0.2) is 41.6 Å². The van der Waals surface area contributed by atoms with E-state index in [4.69, 9.17) is 21.1 Å². The molecule has 1 heterocycles. The number of rotatable bonds is 10. The molecule has 0 aliphatic carbocycles. The van der Waals surface area contributed by atoms with Crippen molar-refractivity contribution < 1.29 is 24.2 Å². The Morgan fingerprint density at radius 1 is 1.15 bits per heavy atom. The van der Waals surface area contributed by atoms with E-state index in [1.807, 2.05) is 25.3 Å². The van der Waals surface area contributed by atoms with E-state index < -0.39 is 11.8 Å². The first-order valence-electron chi connectivity index (χ1n) is 11.2. The number of benzene rings is 2. The van der Waals surface area contributed by atoms with Crippen LogP contribution in [0.5, 0.6) is 0 Å². The standard InChI is InChI=1S/C26H31ClO5S/c1-17-20(16-31-26(2,32-17)25(29)30)6-4-5-7-23(18-10-14-22(33-3)15-11-18)24(28)19-8-12-21(27)13-9-19/h8-15,17,20,23H,4-7,16H2,1-3H3,(H,29,30). The van der Waals surface area contributed by atoms with Crippen molar-refractivity contribution in [1.29, 1.82) is 0 Å². The molecule has 0 radical (unpaired) electrons. The highest BCUT2D eigenvalue weighted by Crippen LogP contribution is 2.32. The molecule has 0 saturated carbocycles. The molecule has 0 aromatic heterocycles. The van der Waals surface area contributed by atoms with Gasteiger partial charge in [-0.25, -0.2) is 4.79 Å². The summed E-state index contributed by atoms with van der Waals surface area (Å²) in [5, 5.41) is 9.90. The third-order valence-corrected chi connectivity index (χ3v) is 7.31. The number of hydrogen-bond donors (Lipinski definition) is 1. The second kappa shape index (κ2) is 11.5. The van der Waals surface area contributed by atoms with Crippen LogP contribution in [0, 0.1) is 5.92 Å². The van der Waals surface area contributed by atoms with Crippen LogP contribution in [0.2, 0.25) is 5.02 Å². The lowest BCUT2D eigenvalue weighted by atomic mass is 9.85. The average Bonchev–Trinajstić information content (AvgIpc) is 2.80. The molecule has 7 heteroatoms. The molecule has 5 nitrogen and oxygen atoms in total. The van der Waals surface area contributed by atoms with Crippen molar-refractivity contribution in [3.8, 4) is 0 Å². The van der Waals surface area contributed by atoms with E-state index in [0.717, 1.165) is 36.1 Å². The van der Waals surface area contributed by atoms with Crippen molar-refractivity contribution in [2.45, 2.75) is 62.2 Å². The zero-order valence-corrected chi connectivity index (χ0v) is 20.8. The summed E-state index contributed by atoms with van der Waals surface area (Å²) in [5.41, 5.74) is 1.68. The predicted molar refractivity (Wildman–Crippen MR) is 131 cm³/mol. The highest BCUT2D eigenvalue weighted by molar-refractivity contribution is 7.98. The van der Waals surface area contributed by atoms with E-state index in [-0.39, 0.29) is 23.7 Å². The Hall–Kier alpha value is -1.86. The molecule has 178 valence electrons. The molecular weight excluding hydrogens is 460 g/mol. The van der Waals surface area contributed by atoms with Gasteiger partial charge in [0.1, 0.15) is 0 Å². The molecule has 0 bridgehead atoms. The molecule has 1 fully saturated rings. The topological polar surface area (TPSA) is 72.8 Å². The monoisotopic (exact) mass is 490 g/mol. The number of hydrogen-bond acceptors (Lipinski definition) is 5. The van der Waals surface area contributed by atoms with Gasteiger partial charge in [-0.15, -0.1) is 11.8 Å². The maximum Gasteiger partial charge on any atom is 0.364 e. The fraction of sp³-hybridized carbons (Fsp3) is 0.462. The van der Waals surface area contributed by atoms with Crippen molar-refractivity contribution in [2.24, 2.45) is 5.92 Å². The largest absolute Gasteiger partial charge is 0.477 e. The lowest BCUT2D eigenvalue weighted by Crippen LogP contribution is -2.51. The first kappa shape index (κ1) is 25.8. The van der Waals surface area contributed by atoms with Crippen molar-refractivity contribution in [3.63, 3.8) is 0 Å². The van der Waals surface area contributed by atoms with Gasteiger partial charge in [-0.05, 0) is 68.0 Å². The van der Waals surface area contributed by atoms with Gasteiger partial charge in [0.05, 0.1) is 12.7 Å². The van der Waals surface area contributed by atoms with Crippen molar-refractivity contribution in [2.75, 3.05) is 12.9 Å². The summed E-state index contributed by atoms with van der Waals surface area (Å²) in [6, 6.07) is 15.3. The van der Waals surface area contributed by atoms with Crippen LogP contribution in [0.3, 0.4) is 0 Å². The van der Waals surface area contributed by atoms with Gasteiger partial charge in [-0.3, -0.25) is 4.79 Å². The van der Waals surface area contributed by atoms with Crippen molar-refractivity contribution in [3.05, 3.63) is 64.7 Å². The maximum absolute atomic E-state index is 13.4. The van der Waals surface area contributed by atoms with Gasteiger partial charge in [0.25, 0.3) is 5.79 Å². The van der Waals surface area contributed by atoms with E-state index in [9.17, 15) is 14.7 Å². The summed E-state index contributed by atoms with van der Waals surface area (Å²) >= 11 is 7.68. The number of ketones is 1. The van der Waals surface area contributed by atoms with Crippen LogP contribution >= 0.6 is 23.4 Å². The normalized spacial score (nSPS) is 23.8. The first-order chi connectivity index (χ1) is 15.7. The van der Waals surface area contributed by atoms with Crippen LogP contribution in [0.15, 0.2) is 53.4 Å². The highest BCUT2D eigenvalue weighted by atomic mass is 35.5. The fourth-order valence-electron chi connectivity index (χ4n) is 4.17. The number of carboxylic acid groups (broad SMARTS) is 1. The van der Waals surface area contributed by atoms with Gasteiger partial charge in [-0.2, -0.15) is 0 Å². The van der Waals surface area contributed by atoms with Crippen LogP contribution in [0.4, 0.5) is 0 Å². The summed E-state index contributed by atoms with van der Waals surface area (Å²) in [5.74, 6) is -2.69. The van der Waals surface area contributed by atoms with Crippen LogP contribution in [0.25, 0.3) is 0 Å². The number of ether oxygens (including phenoxy) is 2. The highest BCUT2D eigenvalue weighted by Gasteiger charge is 2.43. The van der Waals surface area contributed by atoms with Crippen LogP contribution < -0.4 is 0 Å². The van der Waals surface area contributed by atoms with Gasteiger partial charge < -0.3 is 14.6 Å². The van der Waals surface area contributed by atoms with Crippen molar-refractivity contribution in [1.82, 2.24) is 0 Å². The number of unbranched alkanes of at least 4 members (excludes halogenated alkanes) is 1. The maximum atomic E-state index is 13.4.